The lowest BCUT2D eigenvalue weighted by atomic mass is 9.89. The van der Waals surface area contributed by atoms with Gasteiger partial charge in [-0.15, -0.1) is 0 Å². The van der Waals surface area contributed by atoms with E-state index >= 15 is 0 Å². The molecule has 0 aliphatic carbocycles. The topological polar surface area (TPSA) is 25.4 Å². The van der Waals surface area contributed by atoms with Gasteiger partial charge in [-0.2, -0.15) is 0 Å². The van der Waals surface area contributed by atoms with Gasteiger partial charge in [0.05, 0.1) is 6.61 Å². The Hall–Kier alpha value is -1.87. The second-order valence-electron chi connectivity index (χ2n) is 7.66. The highest BCUT2D eigenvalue weighted by molar-refractivity contribution is 5.41. The van der Waals surface area contributed by atoms with Crippen LogP contribution in [0.1, 0.15) is 59.8 Å². The number of hydrogen-bond donors (Lipinski definition) is 0. The monoisotopic (exact) mass is 336 g/mol. The van der Waals surface area contributed by atoms with Gasteiger partial charge < -0.3 is 4.74 Å². The maximum atomic E-state index is 5.77. The van der Waals surface area contributed by atoms with Crippen LogP contribution in [0.4, 0.5) is 0 Å². The van der Waals surface area contributed by atoms with Crippen LogP contribution >= 0.6 is 0 Å². The van der Waals surface area contributed by atoms with E-state index in [9.17, 15) is 0 Å². The number of likely N-dealkylation sites (tertiary alicyclic amines) is 1. The summed E-state index contributed by atoms with van der Waals surface area (Å²) in [6.07, 6.45) is 3.59. The third-order valence-corrected chi connectivity index (χ3v) is 5.78. The number of hydrogen-bond acceptors (Lipinski definition) is 3. The van der Waals surface area contributed by atoms with Gasteiger partial charge in [-0.1, -0.05) is 12.1 Å². The number of aryl methyl sites for hydroxylation is 2. The van der Waals surface area contributed by atoms with E-state index < -0.39 is 0 Å². The predicted octanol–water partition coefficient (Wildman–Crippen LogP) is 4.57. The highest BCUT2D eigenvalue weighted by Gasteiger charge is 2.26. The van der Waals surface area contributed by atoms with Crippen LogP contribution < -0.4 is 4.74 Å². The zero-order chi connectivity index (χ0) is 17.4. The normalized spacial score (nSPS) is 21.6. The quantitative estimate of drug-likeness (QED) is 0.821. The van der Waals surface area contributed by atoms with Gasteiger partial charge in [0.15, 0.2) is 0 Å². The van der Waals surface area contributed by atoms with Gasteiger partial charge in [0, 0.05) is 30.4 Å². The molecule has 4 rings (SSSR count). The van der Waals surface area contributed by atoms with E-state index in [1.54, 1.807) is 0 Å². The van der Waals surface area contributed by atoms with Crippen molar-refractivity contribution in [2.24, 2.45) is 0 Å². The Bertz CT molecular complexity index is 750. The van der Waals surface area contributed by atoms with E-state index in [4.69, 9.17) is 4.74 Å². The van der Waals surface area contributed by atoms with Crippen LogP contribution in [0.5, 0.6) is 5.75 Å². The second kappa shape index (κ2) is 6.80. The lowest BCUT2D eigenvalue weighted by Crippen LogP contribution is -2.36. The average molecular weight is 336 g/mol. The van der Waals surface area contributed by atoms with Crippen LogP contribution in [0, 0.1) is 13.8 Å². The van der Waals surface area contributed by atoms with Crippen molar-refractivity contribution < 1.29 is 4.74 Å². The largest absolute Gasteiger partial charge is 0.493 e. The molecule has 2 aromatic rings. The fourth-order valence-corrected chi connectivity index (χ4v) is 4.39. The second-order valence-corrected chi connectivity index (χ2v) is 7.66. The number of pyridine rings is 1. The van der Waals surface area contributed by atoms with Gasteiger partial charge in [-0.3, -0.25) is 9.88 Å². The first kappa shape index (κ1) is 16.6. The molecule has 0 amide bonds. The van der Waals surface area contributed by atoms with Crippen molar-refractivity contribution in [1.82, 2.24) is 9.88 Å². The summed E-state index contributed by atoms with van der Waals surface area (Å²) in [5.74, 6) is 1.71. The summed E-state index contributed by atoms with van der Waals surface area (Å²) in [4.78, 5) is 7.17. The zero-order valence-electron chi connectivity index (χ0n) is 15.6. The van der Waals surface area contributed by atoms with Crippen molar-refractivity contribution in [3.63, 3.8) is 0 Å². The molecule has 1 fully saturated rings. The smallest absolute Gasteiger partial charge is 0.122 e. The summed E-state index contributed by atoms with van der Waals surface area (Å²) in [7, 11) is 0. The van der Waals surface area contributed by atoms with Crippen LogP contribution in [-0.2, 0) is 6.42 Å². The molecule has 3 heterocycles. The highest BCUT2D eigenvalue weighted by Crippen LogP contribution is 2.35. The molecule has 2 atom stereocenters. The van der Waals surface area contributed by atoms with E-state index in [0.717, 1.165) is 36.7 Å². The van der Waals surface area contributed by atoms with Crippen LogP contribution in [0.15, 0.2) is 30.3 Å². The van der Waals surface area contributed by atoms with Gasteiger partial charge in [0.2, 0.25) is 0 Å². The van der Waals surface area contributed by atoms with E-state index in [2.05, 4.69) is 61.0 Å². The van der Waals surface area contributed by atoms with Crippen LogP contribution in [0.25, 0.3) is 0 Å². The van der Waals surface area contributed by atoms with E-state index in [1.807, 2.05) is 0 Å². The van der Waals surface area contributed by atoms with Crippen LogP contribution in [0.3, 0.4) is 0 Å². The van der Waals surface area contributed by atoms with Crippen molar-refractivity contribution >= 4 is 0 Å². The molecule has 3 nitrogen and oxygen atoms in total. The number of rotatable bonds is 3. The summed E-state index contributed by atoms with van der Waals surface area (Å²) < 4.78 is 5.77. The molecule has 132 valence electrons. The summed E-state index contributed by atoms with van der Waals surface area (Å²) in [6, 6.07) is 11.8. The van der Waals surface area contributed by atoms with Crippen molar-refractivity contribution in [1.29, 1.82) is 0 Å². The Kier molecular flexibility index (Phi) is 4.51. The molecule has 1 saturated heterocycles. The molecule has 0 spiro atoms. The third kappa shape index (κ3) is 3.43. The molecule has 2 aliphatic heterocycles. The SMILES string of the molecule is Cc1cc([C@H]2CCCN([C@H](C)c3ccc4c(c3)OCC4)C2)cc(C)n1. The van der Waals surface area contributed by atoms with Crippen molar-refractivity contribution in [3.8, 4) is 5.75 Å². The van der Waals surface area contributed by atoms with Gasteiger partial charge >= 0.3 is 0 Å². The molecular formula is C22H28N2O. The minimum Gasteiger partial charge on any atom is -0.493 e. The minimum atomic E-state index is 0.432. The molecule has 3 heteroatoms. The van der Waals surface area contributed by atoms with Crippen molar-refractivity contribution in [3.05, 3.63) is 58.4 Å². The molecule has 1 aromatic carbocycles. The molecule has 0 N–H and O–H groups in total. The highest BCUT2D eigenvalue weighted by atomic mass is 16.5. The van der Waals surface area contributed by atoms with Crippen LogP contribution in [-0.4, -0.2) is 29.6 Å². The maximum absolute atomic E-state index is 5.77. The molecule has 0 saturated carbocycles. The van der Waals surface area contributed by atoms with Crippen LogP contribution in [0.2, 0.25) is 0 Å². The Morgan fingerprint density at radius 2 is 1.96 bits per heavy atom. The number of benzene rings is 1. The summed E-state index contributed by atoms with van der Waals surface area (Å²) in [6.45, 7) is 9.68. The summed E-state index contributed by atoms with van der Waals surface area (Å²) in [5, 5.41) is 0. The summed E-state index contributed by atoms with van der Waals surface area (Å²) >= 11 is 0. The molecular weight excluding hydrogens is 308 g/mol. The Morgan fingerprint density at radius 1 is 1.16 bits per heavy atom. The first-order valence-electron chi connectivity index (χ1n) is 9.55. The lowest BCUT2D eigenvalue weighted by molar-refractivity contribution is 0.158. The standard InChI is InChI=1S/C22H28N2O/c1-15-11-21(12-16(2)23-15)20-5-4-9-24(14-20)17(3)19-7-6-18-8-10-25-22(18)13-19/h6-7,11-13,17,20H,4-5,8-10,14H2,1-3H3/t17-,20+/m1/s1. The molecule has 0 radical (unpaired) electrons. The van der Waals surface area contributed by atoms with Gasteiger partial charge in [0.25, 0.3) is 0 Å². The minimum absolute atomic E-state index is 0.432. The van der Waals surface area contributed by atoms with Gasteiger partial charge in [-0.05, 0) is 81.0 Å². The molecule has 1 aromatic heterocycles. The number of aromatic nitrogens is 1. The number of nitrogens with zero attached hydrogens (tertiary/aromatic N) is 2. The van der Waals surface area contributed by atoms with E-state index in [0.29, 0.717) is 12.0 Å². The van der Waals surface area contributed by atoms with Crippen molar-refractivity contribution in [2.75, 3.05) is 19.7 Å². The Morgan fingerprint density at radius 3 is 2.76 bits per heavy atom. The third-order valence-electron chi connectivity index (χ3n) is 5.78. The maximum Gasteiger partial charge on any atom is 0.122 e. The molecule has 25 heavy (non-hydrogen) atoms. The molecule has 0 bridgehead atoms. The Labute approximate surface area is 151 Å². The Balaban J connectivity index is 1.52. The van der Waals surface area contributed by atoms with E-state index in [-0.39, 0.29) is 0 Å². The fourth-order valence-electron chi connectivity index (χ4n) is 4.39. The van der Waals surface area contributed by atoms with Gasteiger partial charge in [0.1, 0.15) is 5.75 Å². The fraction of sp³-hybridized carbons (Fsp3) is 0.500. The molecule has 0 unspecified atom stereocenters. The van der Waals surface area contributed by atoms with Gasteiger partial charge in [-0.25, -0.2) is 0 Å². The summed E-state index contributed by atoms with van der Waals surface area (Å²) in [5.41, 5.74) is 6.46. The average Bonchev–Trinajstić information content (AvgIpc) is 3.08. The molecule has 2 aliphatic rings. The number of fused-ring (bicyclic) bond motifs is 1. The predicted molar refractivity (Wildman–Crippen MR) is 101 cm³/mol. The zero-order valence-corrected chi connectivity index (χ0v) is 15.6. The lowest BCUT2D eigenvalue weighted by Gasteiger charge is -2.37. The first-order valence-corrected chi connectivity index (χ1v) is 9.55. The number of piperidine rings is 1. The number of ether oxygens (including phenoxy) is 1. The van der Waals surface area contributed by atoms with Crippen molar-refractivity contribution in [2.45, 2.75) is 52.0 Å². The van der Waals surface area contributed by atoms with E-state index in [1.165, 1.54) is 36.1 Å². The first-order chi connectivity index (χ1) is 12.1.